The lowest BCUT2D eigenvalue weighted by Crippen LogP contribution is -2.31. The van der Waals surface area contributed by atoms with E-state index >= 15 is 0 Å². The molecule has 0 amide bonds. The number of alkyl halides is 3. The Labute approximate surface area is 142 Å². The van der Waals surface area contributed by atoms with E-state index < -0.39 is 10.8 Å². The molecule has 0 saturated carbocycles. The van der Waals surface area contributed by atoms with E-state index in [0.717, 1.165) is 6.92 Å². The van der Waals surface area contributed by atoms with Gasteiger partial charge in [0.25, 0.3) is 11.6 Å². The molecule has 0 aliphatic rings. The molecule has 0 saturated heterocycles. The highest BCUT2D eigenvalue weighted by atomic mass is 79.9. The van der Waals surface area contributed by atoms with Gasteiger partial charge in [-0.2, -0.15) is 0 Å². The molecule has 0 fully saturated rings. The predicted molar refractivity (Wildman–Crippen MR) is 89.0 cm³/mol. The maximum atomic E-state index is 13.4. The molecule has 1 atom stereocenters. The third kappa shape index (κ3) is 6.04. The predicted octanol–water partition coefficient (Wildman–Crippen LogP) is 4.93. The molecule has 0 aromatic rings. The molecule has 126 valence electrons. The van der Waals surface area contributed by atoms with Crippen molar-refractivity contribution in [2.45, 2.75) is 39.2 Å². The van der Waals surface area contributed by atoms with Crippen LogP contribution in [-0.4, -0.2) is 34.7 Å². The smallest absolute Gasteiger partial charge is 0.285 e. The molecule has 0 aromatic heterocycles. The van der Waals surface area contributed by atoms with Crippen molar-refractivity contribution < 1.29 is 13.7 Å². The molecule has 0 radical (unpaired) electrons. The number of hydrogen-bond acceptors (Lipinski definition) is 3. The zero-order valence-corrected chi connectivity index (χ0v) is 15.3. The zero-order valence-electron chi connectivity index (χ0n) is 13.0. The highest BCUT2D eigenvalue weighted by Gasteiger charge is 2.27. The number of rotatable bonds is 8. The van der Waals surface area contributed by atoms with Crippen molar-refractivity contribution in [2.24, 2.45) is 0 Å². The minimum atomic E-state index is -3.03. The van der Waals surface area contributed by atoms with Gasteiger partial charge >= 0.3 is 0 Å². The summed E-state index contributed by atoms with van der Waals surface area (Å²) >= 11 is 8.74. The lowest BCUT2D eigenvalue weighted by atomic mass is 10.1. The van der Waals surface area contributed by atoms with E-state index in [1.54, 1.807) is 11.9 Å². The number of allylic oxidation sites excluding steroid dienone is 3. The fourth-order valence-corrected chi connectivity index (χ4v) is 2.39. The van der Waals surface area contributed by atoms with Crippen LogP contribution in [-0.2, 0) is 0 Å². The average Bonchev–Trinajstić information content (AvgIpc) is 2.41. The normalized spacial score (nSPS) is 15.2. The van der Waals surface area contributed by atoms with E-state index in [1.165, 1.54) is 13.0 Å². The molecule has 0 aliphatic carbocycles. The minimum Gasteiger partial charge on any atom is -0.366 e. The summed E-state index contributed by atoms with van der Waals surface area (Å²) in [6, 6.07) is -0.108. The molecule has 0 rings (SSSR count). The monoisotopic (exact) mass is 400 g/mol. The Bertz CT molecular complexity index is 502. The highest BCUT2D eigenvalue weighted by molar-refractivity contribution is 9.11. The summed E-state index contributed by atoms with van der Waals surface area (Å²) in [6.07, 6.45) is 1.88. The van der Waals surface area contributed by atoms with E-state index in [4.69, 9.17) is 11.6 Å². The molecule has 0 aromatic carbocycles. The van der Waals surface area contributed by atoms with Crippen LogP contribution in [0, 0.1) is 10.1 Å². The standard InChI is InChI=1S/C14H20BrClF2N2O2/c1-9(6-7-16)19(5)13(11(3)20(21)22)8-12(15)10(2)14(4,17)18/h8-9H,3,6-7H2,1-2,4-5H3/b12-10-,13-8+. The van der Waals surface area contributed by atoms with Crippen LogP contribution in [0.5, 0.6) is 0 Å². The fraction of sp³-hybridized carbons (Fsp3) is 0.571. The first-order chi connectivity index (χ1) is 9.93. The van der Waals surface area contributed by atoms with Gasteiger partial charge in [-0.25, -0.2) is 8.78 Å². The maximum Gasteiger partial charge on any atom is 0.285 e. The Hall–Kier alpha value is -0.950. The quantitative estimate of drug-likeness (QED) is 0.251. The van der Waals surface area contributed by atoms with Gasteiger partial charge in [-0.3, -0.25) is 10.1 Å². The Balaban J connectivity index is 5.85. The van der Waals surface area contributed by atoms with Crippen molar-refractivity contribution in [1.29, 1.82) is 0 Å². The summed E-state index contributed by atoms with van der Waals surface area (Å²) < 4.78 is 26.8. The average molecular weight is 402 g/mol. The molecule has 0 N–H and O–H groups in total. The van der Waals surface area contributed by atoms with Crippen LogP contribution in [0.25, 0.3) is 0 Å². The van der Waals surface area contributed by atoms with Gasteiger partial charge in [-0.1, -0.05) is 15.9 Å². The molecule has 0 bridgehead atoms. The number of likely N-dealkylation sites (N-methyl/N-ethyl adjacent to an activating group) is 1. The first-order valence-corrected chi connectivity index (χ1v) is 7.85. The van der Waals surface area contributed by atoms with Gasteiger partial charge in [0.2, 0.25) is 0 Å². The largest absolute Gasteiger partial charge is 0.366 e. The van der Waals surface area contributed by atoms with Crippen LogP contribution in [0.2, 0.25) is 0 Å². The molecule has 8 heteroatoms. The first kappa shape index (κ1) is 21.0. The summed E-state index contributed by atoms with van der Waals surface area (Å²) in [6.45, 7) is 7.28. The number of nitro groups is 1. The number of hydrogen-bond donors (Lipinski definition) is 0. The van der Waals surface area contributed by atoms with Crippen LogP contribution >= 0.6 is 27.5 Å². The number of nitrogens with zero attached hydrogens (tertiary/aromatic N) is 2. The lowest BCUT2D eigenvalue weighted by molar-refractivity contribution is -0.422. The Morgan fingerprint density at radius 3 is 2.45 bits per heavy atom. The van der Waals surface area contributed by atoms with Crippen LogP contribution in [0.15, 0.2) is 34.1 Å². The molecule has 1 unspecified atom stereocenters. The second-order valence-corrected chi connectivity index (χ2v) is 6.26. The zero-order chi connectivity index (χ0) is 17.7. The van der Waals surface area contributed by atoms with Crippen molar-refractivity contribution in [3.05, 3.63) is 44.2 Å². The molecular weight excluding hydrogens is 382 g/mol. The fourth-order valence-electron chi connectivity index (χ4n) is 1.51. The lowest BCUT2D eigenvalue weighted by Gasteiger charge is -2.27. The summed E-state index contributed by atoms with van der Waals surface area (Å²) in [5.74, 6) is -2.65. The Morgan fingerprint density at radius 2 is 2.09 bits per heavy atom. The van der Waals surface area contributed by atoms with Gasteiger partial charge in [-0.15, -0.1) is 11.6 Å². The first-order valence-electron chi connectivity index (χ1n) is 6.52. The van der Waals surface area contributed by atoms with E-state index in [9.17, 15) is 18.9 Å². The summed E-state index contributed by atoms with van der Waals surface area (Å²) in [7, 11) is 1.64. The van der Waals surface area contributed by atoms with Crippen molar-refractivity contribution in [2.75, 3.05) is 12.9 Å². The van der Waals surface area contributed by atoms with Gasteiger partial charge in [-0.05, 0) is 32.9 Å². The van der Waals surface area contributed by atoms with E-state index in [0.29, 0.717) is 12.3 Å². The molecule has 22 heavy (non-hydrogen) atoms. The molecule has 4 nitrogen and oxygen atoms in total. The van der Waals surface area contributed by atoms with Gasteiger partial charge in [0.1, 0.15) is 5.70 Å². The second kappa shape index (κ2) is 8.62. The van der Waals surface area contributed by atoms with Crippen molar-refractivity contribution in [3.63, 3.8) is 0 Å². The van der Waals surface area contributed by atoms with Crippen molar-refractivity contribution >= 4 is 27.5 Å². The highest BCUT2D eigenvalue weighted by Crippen LogP contribution is 2.31. The van der Waals surface area contributed by atoms with E-state index in [1.807, 2.05) is 6.92 Å². The van der Waals surface area contributed by atoms with E-state index in [2.05, 4.69) is 22.5 Å². The Kier molecular flexibility index (Phi) is 8.25. The third-order valence-electron chi connectivity index (χ3n) is 3.36. The van der Waals surface area contributed by atoms with Gasteiger partial charge in [0.15, 0.2) is 0 Å². The molecule has 0 heterocycles. The minimum absolute atomic E-state index is 0.0860. The third-order valence-corrected chi connectivity index (χ3v) is 4.41. The maximum absolute atomic E-state index is 13.4. The Morgan fingerprint density at radius 1 is 1.59 bits per heavy atom. The second-order valence-electron chi connectivity index (χ2n) is 5.03. The van der Waals surface area contributed by atoms with Crippen molar-refractivity contribution in [3.8, 4) is 0 Å². The topological polar surface area (TPSA) is 46.4 Å². The van der Waals surface area contributed by atoms with Gasteiger partial charge in [0.05, 0.1) is 4.92 Å². The summed E-state index contributed by atoms with van der Waals surface area (Å²) in [5, 5.41) is 11.0. The van der Waals surface area contributed by atoms with Gasteiger partial charge in [0, 0.05) is 35.9 Å². The van der Waals surface area contributed by atoms with Gasteiger partial charge < -0.3 is 4.90 Å². The molecule has 0 spiro atoms. The molecular formula is C14H20BrClF2N2O2. The van der Waals surface area contributed by atoms with E-state index in [-0.39, 0.29) is 27.5 Å². The van der Waals surface area contributed by atoms with Crippen LogP contribution in [0.4, 0.5) is 8.78 Å². The molecule has 0 aliphatic heterocycles. The SMILES string of the molecule is C=C(/C(=C\C(Br)=C(/C)C(C)(F)F)N(C)C(C)CCCl)[N+](=O)[O-]. The van der Waals surface area contributed by atoms with Crippen molar-refractivity contribution in [1.82, 2.24) is 4.90 Å². The van der Waals surface area contributed by atoms with Crippen LogP contribution in [0.1, 0.15) is 27.2 Å². The summed E-state index contributed by atoms with van der Waals surface area (Å²) in [5.41, 5.74) is -0.439. The summed E-state index contributed by atoms with van der Waals surface area (Å²) in [4.78, 5) is 12.0. The van der Waals surface area contributed by atoms with Crippen LogP contribution in [0.3, 0.4) is 0 Å². The van der Waals surface area contributed by atoms with Crippen LogP contribution < -0.4 is 0 Å². The number of halogens is 4.